The lowest BCUT2D eigenvalue weighted by atomic mass is 10.2. The first-order chi connectivity index (χ1) is 16.3. The highest BCUT2D eigenvalue weighted by atomic mass is 32.2. The normalized spacial score (nSPS) is 12.5. The summed E-state index contributed by atoms with van der Waals surface area (Å²) in [6, 6.07) is 5.15. The summed E-state index contributed by atoms with van der Waals surface area (Å²) in [6.07, 6.45) is 4.60. The molecule has 0 saturated carbocycles. The third-order valence-corrected chi connectivity index (χ3v) is 7.16. The molecule has 0 spiro atoms. The van der Waals surface area contributed by atoms with Crippen molar-refractivity contribution in [3.63, 3.8) is 0 Å². The van der Waals surface area contributed by atoms with Crippen molar-refractivity contribution in [1.29, 1.82) is 0 Å². The molecule has 1 atom stereocenters. The summed E-state index contributed by atoms with van der Waals surface area (Å²) < 4.78 is 57.2. The highest BCUT2D eigenvalue weighted by Crippen LogP contribution is 2.36. The molecule has 0 aliphatic carbocycles. The Kier molecular flexibility index (Phi) is 6.54. The zero-order valence-electron chi connectivity index (χ0n) is 18.5. The van der Waals surface area contributed by atoms with E-state index in [-0.39, 0.29) is 23.9 Å². The number of para-hydroxylation sites is 1. The van der Waals surface area contributed by atoms with Crippen LogP contribution >= 0.6 is 0 Å². The third-order valence-electron chi connectivity index (χ3n) is 5.10. The standard InChI is InChI=1S/C21H21FN6O5S/c1-13(7-18-23-8-14(22)9-24-18)34(29,30)11-19-26-27-21(15-10-33-12-25-15)28(19)20-16(31-2)5-4-6-17(20)32-3/h4-6,8-10,12-13H,7,11H2,1-3H3/t13-/m1/s1. The summed E-state index contributed by atoms with van der Waals surface area (Å²) in [5.41, 5.74) is 0.757. The summed E-state index contributed by atoms with van der Waals surface area (Å²) in [6.45, 7) is 1.53. The van der Waals surface area contributed by atoms with Gasteiger partial charge in [-0.25, -0.2) is 27.8 Å². The van der Waals surface area contributed by atoms with Gasteiger partial charge in [0.05, 0.1) is 31.9 Å². The summed E-state index contributed by atoms with van der Waals surface area (Å²) >= 11 is 0. The van der Waals surface area contributed by atoms with Crippen molar-refractivity contribution in [2.75, 3.05) is 14.2 Å². The molecule has 0 unspecified atom stereocenters. The number of sulfone groups is 1. The Morgan fingerprint density at radius 1 is 1.09 bits per heavy atom. The van der Waals surface area contributed by atoms with Gasteiger partial charge < -0.3 is 13.9 Å². The summed E-state index contributed by atoms with van der Waals surface area (Å²) in [5, 5.41) is 7.44. The zero-order valence-corrected chi connectivity index (χ0v) is 19.4. The van der Waals surface area contributed by atoms with Gasteiger partial charge in [-0.15, -0.1) is 10.2 Å². The van der Waals surface area contributed by atoms with Gasteiger partial charge in [0.2, 0.25) is 0 Å². The molecule has 178 valence electrons. The van der Waals surface area contributed by atoms with E-state index >= 15 is 0 Å². The monoisotopic (exact) mass is 488 g/mol. The molecule has 0 aliphatic heterocycles. The van der Waals surface area contributed by atoms with E-state index in [0.717, 1.165) is 12.4 Å². The van der Waals surface area contributed by atoms with Crippen LogP contribution in [0.5, 0.6) is 11.5 Å². The van der Waals surface area contributed by atoms with Crippen LogP contribution in [0.2, 0.25) is 0 Å². The predicted molar refractivity (Wildman–Crippen MR) is 118 cm³/mol. The molecule has 0 fully saturated rings. The third kappa shape index (κ3) is 4.59. The first-order valence-electron chi connectivity index (χ1n) is 10.1. The maximum Gasteiger partial charge on any atom is 0.190 e. The van der Waals surface area contributed by atoms with Gasteiger partial charge in [-0.3, -0.25) is 4.57 Å². The lowest BCUT2D eigenvalue weighted by molar-refractivity contribution is 0.390. The smallest absolute Gasteiger partial charge is 0.190 e. The van der Waals surface area contributed by atoms with Gasteiger partial charge in [-0.1, -0.05) is 6.07 Å². The molecule has 11 nitrogen and oxygen atoms in total. The number of hydrogen-bond donors (Lipinski definition) is 0. The van der Waals surface area contributed by atoms with Crippen molar-refractivity contribution in [3.05, 3.63) is 60.7 Å². The second-order valence-electron chi connectivity index (χ2n) is 7.30. The minimum absolute atomic E-state index is 0.00483. The van der Waals surface area contributed by atoms with Gasteiger partial charge in [0.25, 0.3) is 0 Å². The van der Waals surface area contributed by atoms with Gasteiger partial charge in [0.1, 0.15) is 40.7 Å². The zero-order chi connectivity index (χ0) is 24.3. The number of ether oxygens (including phenoxy) is 2. The summed E-state index contributed by atoms with van der Waals surface area (Å²) in [7, 11) is -0.798. The molecular weight excluding hydrogens is 467 g/mol. The first-order valence-corrected chi connectivity index (χ1v) is 11.8. The SMILES string of the molecule is COc1cccc(OC)c1-n1c(CS(=O)(=O)[C@H](C)Cc2ncc(F)cn2)nnc1-c1cocn1. The summed E-state index contributed by atoms with van der Waals surface area (Å²) in [4.78, 5) is 11.8. The first kappa shape index (κ1) is 23.3. The van der Waals surface area contributed by atoms with E-state index < -0.39 is 26.7 Å². The van der Waals surface area contributed by atoms with Crippen LogP contribution in [0, 0.1) is 5.82 Å². The molecule has 4 rings (SSSR count). The highest BCUT2D eigenvalue weighted by Gasteiger charge is 2.29. The molecule has 13 heteroatoms. The van der Waals surface area contributed by atoms with Gasteiger partial charge in [0, 0.05) is 6.42 Å². The van der Waals surface area contributed by atoms with E-state index in [2.05, 4.69) is 25.1 Å². The predicted octanol–water partition coefficient (Wildman–Crippen LogP) is 2.41. The molecule has 3 heterocycles. The number of benzene rings is 1. The molecule has 0 aliphatic rings. The van der Waals surface area contributed by atoms with Crippen molar-refractivity contribution in [3.8, 4) is 28.7 Å². The van der Waals surface area contributed by atoms with E-state index in [1.165, 1.54) is 38.4 Å². The topological polar surface area (TPSA) is 135 Å². The Morgan fingerprint density at radius 3 is 2.35 bits per heavy atom. The number of oxazole rings is 1. The Morgan fingerprint density at radius 2 is 1.76 bits per heavy atom. The van der Waals surface area contributed by atoms with Gasteiger partial charge in [-0.2, -0.15) is 0 Å². The van der Waals surface area contributed by atoms with Gasteiger partial charge >= 0.3 is 0 Å². The molecular formula is C21H21FN6O5S. The molecule has 0 saturated heterocycles. The fraction of sp³-hybridized carbons (Fsp3) is 0.286. The van der Waals surface area contributed by atoms with Crippen molar-refractivity contribution < 1.29 is 26.7 Å². The number of aromatic nitrogens is 6. The molecule has 4 aromatic rings. The Balaban J connectivity index is 1.77. The Bertz CT molecular complexity index is 1350. The molecule has 34 heavy (non-hydrogen) atoms. The van der Waals surface area contributed by atoms with Crippen LogP contribution in [0.15, 0.2) is 47.7 Å². The maximum atomic E-state index is 13.3. The number of nitrogens with zero attached hydrogens (tertiary/aromatic N) is 6. The average molecular weight is 489 g/mol. The number of methoxy groups -OCH3 is 2. The second kappa shape index (κ2) is 9.55. The lowest BCUT2D eigenvalue weighted by Gasteiger charge is -2.17. The van der Waals surface area contributed by atoms with Crippen molar-refractivity contribution >= 4 is 9.84 Å². The van der Waals surface area contributed by atoms with Crippen LogP contribution < -0.4 is 9.47 Å². The van der Waals surface area contributed by atoms with E-state index in [1.54, 1.807) is 18.2 Å². The maximum absolute atomic E-state index is 13.3. The molecule has 1 aromatic carbocycles. The number of hydrogen-bond acceptors (Lipinski definition) is 10. The summed E-state index contributed by atoms with van der Waals surface area (Å²) in [5.74, 6) is 0.350. The fourth-order valence-electron chi connectivity index (χ4n) is 3.34. The van der Waals surface area contributed by atoms with Crippen LogP contribution in [0.1, 0.15) is 18.6 Å². The van der Waals surface area contributed by atoms with Crippen molar-refractivity contribution in [2.24, 2.45) is 0 Å². The fourth-order valence-corrected chi connectivity index (χ4v) is 4.57. The average Bonchev–Trinajstić information content (AvgIpc) is 3.49. The molecule has 0 radical (unpaired) electrons. The molecule has 0 N–H and O–H groups in total. The Hall–Kier alpha value is -3.87. The van der Waals surface area contributed by atoms with E-state index in [1.807, 2.05) is 0 Å². The van der Waals surface area contributed by atoms with E-state index in [0.29, 0.717) is 22.9 Å². The van der Waals surface area contributed by atoms with Crippen LogP contribution in [0.4, 0.5) is 4.39 Å². The van der Waals surface area contributed by atoms with Crippen LogP contribution in [0.25, 0.3) is 17.2 Å². The largest absolute Gasteiger partial charge is 0.494 e. The van der Waals surface area contributed by atoms with Crippen LogP contribution in [0.3, 0.4) is 0 Å². The minimum atomic E-state index is -3.77. The quantitative estimate of drug-likeness (QED) is 0.345. The van der Waals surface area contributed by atoms with Gasteiger partial charge in [0.15, 0.2) is 33.7 Å². The van der Waals surface area contributed by atoms with Crippen molar-refractivity contribution in [2.45, 2.75) is 24.3 Å². The van der Waals surface area contributed by atoms with E-state index in [9.17, 15) is 12.8 Å². The van der Waals surface area contributed by atoms with Gasteiger partial charge in [-0.05, 0) is 19.1 Å². The molecule has 0 bridgehead atoms. The van der Waals surface area contributed by atoms with E-state index in [4.69, 9.17) is 13.9 Å². The Labute approximate surface area is 194 Å². The lowest BCUT2D eigenvalue weighted by Crippen LogP contribution is -2.24. The van der Waals surface area contributed by atoms with Crippen molar-refractivity contribution in [1.82, 2.24) is 29.7 Å². The molecule has 3 aromatic heterocycles. The number of rotatable bonds is 9. The van der Waals surface area contributed by atoms with Crippen LogP contribution in [-0.2, 0) is 22.0 Å². The van der Waals surface area contributed by atoms with Crippen LogP contribution in [-0.4, -0.2) is 57.6 Å². The molecule has 0 amide bonds. The minimum Gasteiger partial charge on any atom is -0.494 e. The highest BCUT2D eigenvalue weighted by molar-refractivity contribution is 7.91. The second-order valence-corrected chi connectivity index (χ2v) is 9.72. The number of halogens is 1.